The molecule has 2 heterocycles. The molecular formula is C21H23N3O4S. The number of hydrogen-bond donors (Lipinski definition) is 1. The van der Waals surface area contributed by atoms with Crippen molar-refractivity contribution in [3.8, 4) is 11.5 Å². The van der Waals surface area contributed by atoms with Gasteiger partial charge in [0.2, 0.25) is 0 Å². The van der Waals surface area contributed by atoms with Gasteiger partial charge in [0.05, 0.1) is 23.8 Å². The fourth-order valence-electron chi connectivity index (χ4n) is 2.92. The predicted molar refractivity (Wildman–Crippen MR) is 112 cm³/mol. The van der Waals surface area contributed by atoms with Gasteiger partial charge in [-0.15, -0.1) is 0 Å². The van der Waals surface area contributed by atoms with Crippen LogP contribution >= 0.6 is 0 Å². The molecule has 0 aliphatic heterocycles. The number of H-pyrrole nitrogens is 1. The summed E-state index contributed by atoms with van der Waals surface area (Å²) in [7, 11) is 1.61. The first-order chi connectivity index (χ1) is 13.8. The smallest absolute Gasteiger partial charge is 0.336 e. The number of ether oxygens (including phenoxy) is 2. The number of hydrogen-bond acceptors (Lipinski definition) is 6. The molecule has 0 aliphatic carbocycles. The number of imidazole rings is 1. The van der Waals surface area contributed by atoms with E-state index in [2.05, 4.69) is 15.0 Å². The molecule has 0 saturated carbocycles. The van der Waals surface area contributed by atoms with Crippen LogP contribution in [0.4, 0.5) is 0 Å². The Morgan fingerprint density at radius 3 is 2.76 bits per heavy atom. The van der Waals surface area contributed by atoms with Crippen LogP contribution in [0.3, 0.4) is 0 Å². The van der Waals surface area contributed by atoms with Gasteiger partial charge in [0.15, 0.2) is 5.75 Å². The van der Waals surface area contributed by atoms with E-state index in [-0.39, 0.29) is 5.75 Å². The van der Waals surface area contributed by atoms with Crippen LogP contribution in [0.2, 0.25) is 0 Å². The Balaban J connectivity index is 1.81. The second kappa shape index (κ2) is 8.67. The number of allylic oxidation sites excluding steroid dienone is 1. The van der Waals surface area contributed by atoms with E-state index >= 15 is 0 Å². The third-order valence-corrected chi connectivity index (χ3v) is 5.45. The summed E-state index contributed by atoms with van der Waals surface area (Å²) in [6, 6.07) is 5.05. The molecule has 0 fully saturated rings. The van der Waals surface area contributed by atoms with Crippen LogP contribution in [0.15, 0.2) is 41.2 Å². The van der Waals surface area contributed by atoms with Gasteiger partial charge in [-0.1, -0.05) is 5.57 Å². The summed E-state index contributed by atoms with van der Waals surface area (Å²) in [5.41, 5.74) is 4.63. The highest BCUT2D eigenvalue weighted by atomic mass is 32.2. The summed E-state index contributed by atoms with van der Waals surface area (Å²) in [6.45, 7) is 7.46. The molecule has 0 saturated heterocycles. The topological polar surface area (TPSA) is 100 Å². The zero-order valence-corrected chi connectivity index (χ0v) is 17.8. The zero-order valence-electron chi connectivity index (χ0n) is 17.0. The molecule has 8 heteroatoms. The van der Waals surface area contributed by atoms with Gasteiger partial charge in [0, 0.05) is 40.6 Å². The number of aromatic nitrogens is 3. The lowest BCUT2D eigenvalue weighted by Gasteiger charge is -2.13. The van der Waals surface area contributed by atoms with E-state index < -0.39 is 17.1 Å². The molecule has 1 N–H and O–H groups in total. The lowest BCUT2D eigenvalue weighted by molar-refractivity contribution is -0.129. The van der Waals surface area contributed by atoms with E-state index in [0.717, 1.165) is 22.4 Å². The van der Waals surface area contributed by atoms with Gasteiger partial charge < -0.3 is 14.0 Å². The fourth-order valence-corrected chi connectivity index (χ4v) is 4.02. The van der Waals surface area contributed by atoms with E-state index in [1.54, 1.807) is 31.5 Å². The minimum Gasteiger partial charge on any atom is -0.609 e. The maximum absolute atomic E-state index is 12.8. The van der Waals surface area contributed by atoms with Crippen molar-refractivity contribution in [2.45, 2.75) is 38.6 Å². The normalized spacial score (nSPS) is 11.9. The molecule has 152 valence electrons. The van der Waals surface area contributed by atoms with Gasteiger partial charge in [-0.05, 0) is 39.8 Å². The first-order valence-corrected chi connectivity index (χ1v) is 10.3. The summed E-state index contributed by atoms with van der Waals surface area (Å²) in [6.07, 6.45) is 3.13. The average Bonchev–Trinajstić information content (AvgIpc) is 3.07. The molecule has 0 spiro atoms. The van der Waals surface area contributed by atoms with Gasteiger partial charge in [-0.3, -0.25) is 9.97 Å². The molecule has 2 aromatic heterocycles. The van der Waals surface area contributed by atoms with Gasteiger partial charge in [-0.25, -0.2) is 4.79 Å². The number of methoxy groups -OCH3 is 1. The highest BCUT2D eigenvalue weighted by Gasteiger charge is 2.21. The second-order valence-corrected chi connectivity index (χ2v) is 8.27. The van der Waals surface area contributed by atoms with Crippen molar-refractivity contribution in [1.82, 2.24) is 15.0 Å². The van der Waals surface area contributed by atoms with E-state index in [1.165, 1.54) is 6.08 Å². The standard InChI is InChI=1S/C21H23N3O4S/c1-12(2)8-19(25)28-15-6-7-16-17(9-15)24-21(23-16)29(26)11-18-14(4)20(27-5)13(3)10-22-18/h6-10H,11H2,1-5H3,(H,23,24). The Morgan fingerprint density at radius 1 is 1.31 bits per heavy atom. The van der Waals surface area contributed by atoms with Crippen LogP contribution in [-0.2, 0) is 21.7 Å². The number of aromatic amines is 1. The van der Waals surface area contributed by atoms with Crippen molar-refractivity contribution in [3.63, 3.8) is 0 Å². The summed E-state index contributed by atoms with van der Waals surface area (Å²) in [5.74, 6) is 0.896. The largest absolute Gasteiger partial charge is 0.609 e. The summed E-state index contributed by atoms with van der Waals surface area (Å²) < 4.78 is 23.5. The number of aryl methyl sites for hydroxylation is 1. The number of rotatable bonds is 6. The average molecular weight is 413 g/mol. The number of fused-ring (bicyclic) bond motifs is 1. The first kappa shape index (κ1) is 20.9. The van der Waals surface area contributed by atoms with Crippen LogP contribution in [0.1, 0.15) is 30.7 Å². The van der Waals surface area contributed by atoms with Crippen LogP contribution in [0.25, 0.3) is 11.0 Å². The molecule has 29 heavy (non-hydrogen) atoms. The van der Waals surface area contributed by atoms with Crippen LogP contribution in [-0.4, -0.2) is 32.6 Å². The maximum atomic E-state index is 12.8. The third-order valence-electron chi connectivity index (χ3n) is 4.29. The fraction of sp³-hybridized carbons (Fsp3) is 0.286. The van der Waals surface area contributed by atoms with Crippen molar-refractivity contribution in [2.24, 2.45) is 0 Å². The SMILES string of the molecule is COc1c(C)cnc(C[S+]([O-])c2nc3cc(OC(=O)C=C(C)C)ccc3[nH]2)c1C. The van der Waals surface area contributed by atoms with Crippen LogP contribution in [0.5, 0.6) is 11.5 Å². The molecule has 1 unspecified atom stereocenters. The minimum atomic E-state index is -1.42. The van der Waals surface area contributed by atoms with Crippen LogP contribution < -0.4 is 9.47 Å². The lowest BCUT2D eigenvalue weighted by atomic mass is 10.1. The molecular weight excluding hydrogens is 390 g/mol. The third kappa shape index (κ3) is 4.78. The quantitative estimate of drug-likeness (QED) is 0.286. The maximum Gasteiger partial charge on any atom is 0.336 e. The van der Waals surface area contributed by atoms with Crippen molar-refractivity contribution < 1.29 is 18.8 Å². The van der Waals surface area contributed by atoms with Gasteiger partial charge in [0.25, 0.3) is 0 Å². The molecule has 3 aromatic rings. The van der Waals surface area contributed by atoms with E-state index in [0.29, 0.717) is 27.6 Å². The molecule has 0 bridgehead atoms. The lowest BCUT2D eigenvalue weighted by Crippen LogP contribution is -2.10. The monoisotopic (exact) mass is 413 g/mol. The number of carbonyl (C=O) groups is 1. The Morgan fingerprint density at radius 2 is 2.07 bits per heavy atom. The minimum absolute atomic E-state index is 0.213. The molecule has 7 nitrogen and oxygen atoms in total. The Bertz CT molecular complexity index is 1090. The molecule has 3 rings (SSSR count). The summed E-state index contributed by atoms with van der Waals surface area (Å²) >= 11 is -1.42. The molecule has 1 atom stereocenters. The number of pyridine rings is 1. The summed E-state index contributed by atoms with van der Waals surface area (Å²) in [4.78, 5) is 23.7. The number of nitrogens with one attached hydrogen (secondary N) is 1. The Hall–Kier alpha value is -2.84. The Labute approximate surface area is 172 Å². The van der Waals surface area contributed by atoms with Crippen molar-refractivity contribution in [3.05, 3.63) is 52.9 Å². The number of benzene rings is 1. The molecule has 1 aromatic carbocycles. The number of esters is 1. The van der Waals surface area contributed by atoms with Crippen molar-refractivity contribution >= 4 is 28.2 Å². The van der Waals surface area contributed by atoms with Gasteiger partial charge >= 0.3 is 11.1 Å². The molecule has 0 amide bonds. The van der Waals surface area contributed by atoms with Crippen LogP contribution in [0, 0.1) is 13.8 Å². The molecule has 0 aliphatic rings. The number of carbonyl (C=O) groups excluding carboxylic acids is 1. The Kier molecular flexibility index (Phi) is 6.24. The van der Waals surface area contributed by atoms with Gasteiger partial charge in [-0.2, -0.15) is 4.98 Å². The highest BCUT2D eigenvalue weighted by molar-refractivity contribution is 7.90. The zero-order chi connectivity index (χ0) is 21.1. The molecule has 0 radical (unpaired) electrons. The van der Waals surface area contributed by atoms with Gasteiger partial charge in [0.1, 0.15) is 11.5 Å². The number of nitrogens with zero attached hydrogens (tertiary/aromatic N) is 2. The first-order valence-electron chi connectivity index (χ1n) is 9.02. The van der Waals surface area contributed by atoms with E-state index in [1.807, 2.05) is 27.7 Å². The van der Waals surface area contributed by atoms with Crippen molar-refractivity contribution in [2.75, 3.05) is 7.11 Å². The van der Waals surface area contributed by atoms with Crippen molar-refractivity contribution in [1.29, 1.82) is 0 Å². The highest BCUT2D eigenvalue weighted by Crippen LogP contribution is 2.27. The van der Waals surface area contributed by atoms with E-state index in [4.69, 9.17) is 9.47 Å². The predicted octanol–water partition coefficient (Wildman–Crippen LogP) is 3.76. The second-order valence-electron chi connectivity index (χ2n) is 6.90. The summed E-state index contributed by atoms with van der Waals surface area (Å²) in [5, 5.41) is 0.341. The van der Waals surface area contributed by atoms with E-state index in [9.17, 15) is 9.35 Å².